The lowest BCUT2D eigenvalue weighted by Crippen LogP contribution is -2.32. The summed E-state index contributed by atoms with van der Waals surface area (Å²) >= 11 is 0. The zero-order valence-corrected chi connectivity index (χ0v) is 21.5. The number of carboxylic acid groups (broad SMARTS) is 1. The van der Waals surface area contributed by atoms with Crippen molar-refractivity contribution in [1.82, 2.24) is 4.90 Å². The number of hydrogen-bond acceptors (Lipinski definition) is 3. The monoisotopic (exact) mass is 501 g/mol. The second-order valence-corrected chi connectivity index (χ2v) is 9.59. The molecule has 0 heterocycles. The Bertz CT molecular complexity index is 1250. The average Bonchev–Trinajstić information content (AvgIpc) is 3.76. The molecule has 5 nitrogen and oxygen atoms in total. The summed E-state index contributed by atoms with van der Waals surface area (Å²) in [5.41, 5.74) is 4.17. The summed E-state index contributed by atoms with van der Waals surface area (Å²) in [5.74, 6) is -0.744. The molecule has 4 rings (SSSR count). The molecule has 37 heavy (non-hydrogen) atoms. The van der Waals surface area contributed by atoms with E-state index in [0.717, 1.165) is 36.8 Å². The molecule has 0 bridgehead atoms. The predicted molar refractivity (Wildman–Crippen MR) is 147 cm³/mol. The molecule has 1 fully saturated rings. The molecule has 1 aliphatic rings. The van der Waals surface area contributed by atoms with Crippen molar-refractivity contribution in [2.75, 3.05) is 6.61 Å². The molecule has 1 aliphatic carbocycles. The van der Waals surface area contributed by atoms with Gasteiger partial charge in [0.25, 0.3) is 5.91 Å². The number of aryl methyl sites for hydroxylation is 1. The molecule has 3 aromatic rings. The molecule has 0 unspecified atom stereocenters. The number of para-hydroxylation sites is 1. The quantitative estimate of drug-likeness (QED) is 0.239. The number of carbonyl (C=O) groups is 2. The van der Waals surface area contributed by atoms with E-state index in [0.29, 0.717) is 42.7 Å². The van der Waals surface area contributed by atoms with Crippen molar-refractivity contribution >= 4 is 11.9 Å². The molecule has 194 valence electrons. The minimum absolute atomic E-state index is 0.129. The SMILES string of the molecule is [2H]C([2H])(c1ccccc1OCCCCCC(=O)O)N(C(=O)c1ccc(-c2ccc(CCC)cc2)cc1)C1CC1. The van der Waals surface area contributed by atoms with Crippen LogP contribution in [0.15, 0.2) is 72.8 Å². The lowest BCUT2D eigenvalue weighted by Gasteiger charge is -2.24. The third-order valence-corrected chi connectivity index (χ3v) is 6.51. The summed E-state index contributed by atoms with van der Waals surface area (Å²) in [6.45, 7) is 0.451. The third kappa shape index (κ3) is 7.69. The van der Waals surface area contributed by atoms with Crippen LogP contribution in [0, 0.1) is 0 Å². The Morgan fingerprint density at radius 3 is 2.27 bits per heavy atom. The van der Waals surface area contributed by atoms with Crippen LogP contribution in [0.2, 0.25) is 0 Å². The van der Waals surface area contributed by atoms with Crippen molar-refractivity contribution < 1.29 is 22.2 Å². The van der Waals surface area contributed by atoms with Crippen LogP contribution in [-0.2, 0) is 17.7 Å². The second kappa shape index (κ2) is 13.1. The minimum Gasteiger partial charge on any atom is -0.493 e. The Labute approximate surface area is 222 Å². The molecule has 1 saturated carbocycles. The highest BCUT2D eigenvalue weighted by Gasteiger charge is 2.33. The lowest BCUT2D eigenvalue weighted by molar-refractivity contribution is -0.137. The van der Waals surface area contributed by atoms with Gasteiger partial charge in [-0.2, -0.15) is 0 Å². The first kappa shape index (κ1) is 23.8. The summed E-state index contributed by atoms with van der Waals surface area (Å²) in [7, 11) is 0. The molecule has 1 N–H and O–H groups in total. The highest BCUT2D eigenvalue weighted by Crippen LogP contribution is 2.32. The number of unbranched alkanes of at least 4 members (excludes halogenated alkanes) is 2. The predicted octanol–water partition coefficient (Wildman–Crippen LogP) is 7.13. The van der Waals surface area contributed by atoms with Crippen molar-refractivity contribution in [3.8, 4) is 16.9 Å². The van der Waals surface area contributed by atoms with Crippen molar-refractivity contribution in [3.63, 3.8) is 0 Å². The van der Waals surface area contributed by atoms with E-state index >= 15 is 0 Å². The summed E-state index contributed by atoms with van der Waals surface area (Å²) in [5, 5.41) is 8.79. The van der Waals surface area contributed by atoms with Gasteiger partial charge in [-0.1, -0.05) is 67.9 Å². The van der Waals surface area contributed by atoms with Gasteiger partial charge in [0.15, 0.2) is 0 Å². The zero-order chi connectivity index (χ0) is 27.8. The lowest BCUT2D eigenvalue weighted by atomic mass is 10.0. The Morgan fingerprint density at radius 2 is 1.62 bits per heavy atom. The summed E-state index contributed by atoms with van der Waals surface area (Å²) < 4.78 is 24.1. The van der Waals surface area contributed by atoms with E-state index in [4.69, 9.17) is 12.6 Å². The van der Waals surface area contributed by atoms with Gasteiger partial charge in [0.05, 0.1) is 9.35 Å². The Balaban J connectivity index is 1.49. The zero-order valence-electron chi connectivity index (χ0n) is 23.5. The minimum atomic E-state index is -2.06. The van der Waals surface area contributed by atoms with Gasteiger partial charge in [-0.05, 0) is 73.4 Å². The van der Waals surface area contributed by atoms with E-state index in [-0.39, 0.29) is 18.4 Å². The number of hydrogen-bond donors (Lipinski definition) is 1. The smallest absolute Gasteiger partial charge is 0.303 e. The maximum Gasteiger partial charge on any atom is 0.303 e. The van der Waals surface area contributed by atoms with Crippen molar-refractivity contribution in [1.29, 1.82) is 0 Å². The molecular weight excluding hydrogens is 462 g/mol. The number of rotatable bonds is 14. The first-order chi connectivity index (χ1) is 18.8. The Hall–Kier alpha value is -3.60. The number of benzene rings is 3. The van der Waals surface area contributed by atoms with Crippen LogP contribution >= 0.6 is 0 Å². The van der Waals surface area contributed by atoms with E-state index in [2.05, 4.69) is 31.2 Å². The van der Waals surface area contributed by atoms with E-state index < -0.39 is 12.5 Å². The molecular formula is C32H37NO4. The molecule has 0 aromatic heterocycles. The molecule has 0 spiro atoms. The Morgan fingerprint density at radius 1 is 0.946 bits per heavy atom. The third-order valence-electron chi connectivity index (χ3n) is 6.51. The number of carboxylic acids is 1. The number of ether oxygens (including phenoxy) is 1. The van der Waals surface area contributed by atoms with Crippen molar-refractivity contribution in [3.05, 3.63) is 89.5 Å². The van der Waals surface area contributed by atoms with E-state index in [9.17, 15) is 9.59 Å². The fourth-order valence-electron chi connectivity index (χ4n) is 4.29. The summed E-state index contributed by atoms with van der Waals surface area (Å²) in [6, 6.07) is 22.6. The summed E-state index contributed by atoms with van der Waals surface area (Å²) in [4.78, 5) is 25.8. The fourth-order valence-corrected chi connectivity index (χ4v) is 4.29. The van der Waals surface area contributed by atoms with Gasteiger partial charge in [-0.3, -0.25) is 9.59 Å². The van der Waals surface area contributed by atoms with Crippen LogP contribution in [0.3, 0.4) is 0 Å². The maximum atomic E-state index is 13.7. The first-order valence-corrected chi connectivity index (χ1v) is 13.3. The van der Waals surface area contributed by atoms with Crippen LogP contribution in [0.4, 0.5) is 0 Å². The van der Waals surface area contributed by atoms with Gasteiger partial charge in [0, 0.05) is 30.1 Å². The highest BCUT2D eigenvalue weighted by atomic mass is 16.5. The normalized spacial score (nSPS) is 14.0. The Kier molecular flexibility index (Phi) is 8.41. The van der Waals surface area contributed by atoms with Crippen LogP contribution < -0.4 is 4.74 Å². The number of nitrogens with zero attached hydrogens (tertiary/aromatic N) is 1. The largest absolute Gasteiger partial charge is 0.493 e. The van der Waals surface area contributed by atoms with E-state index in [1.54, 1.807) is 36.4 Å². The molecule has 0 atom stereocenters. The average molecular weight is 502 g/mol. The topological polar surface area (TPSA) is 66.8 Å². The van der Waals surface area contributed by atoms with Gasteiger partial charge in [0.1, 0.15) is 5.75 Å². The van der Waals surface area contributed by atoms with E-state index in [1.807, 2.05) is 12.1 Å². The van der Waals surface area contributed by atoms with Gasteiger partial charge in [-0.25, -0.2) is 0 Å². The van der Waals surface area contributed by atoms with Crippen molar-refractivity contribution in [2.45, 2.75) is 70.8 Å². The van der Waals surface area contributed by atoms with Crippen LogP contribution in [0.1, 0.15) is 76.1 Å². The van der Waals surface area contributed by atoms with Crippen LogP contribution in [0.25, 0.3) is 11.1 Å². The maximum absolute atomic E-state index is 13.7. The molecule has 3 aromatic carbocycles. The van der Waals surface area contributed by atoms with Crippen LogP contribution in [0.5, 0.6) is 5.75 Å². The molecule has 0 aliphatic heterocycles. The second-order valence-electron chi connectivity index (χ2n) is 9.59. The number of amides is 1. The van der Waals surface area contributed by atoms with Gasteiger partial charge < -0.3 is 14.7 Å². The van der Waals surface area contributed by atoms with Gasteiger partial charge >= 0.3 is 5.97 Å². The highest BCUT2D eigenvalue weighted by molar-refractivity contribution is 5.95. The standard InChI is InChI=1S/C32H37NO4/c1-2-8-24-12-14-25(15-13-24)26-16-18-27(19-17-26)32(36)33(29-20-21-29)23-28-9-5-6-10-30(28)37-22-7-3-4-11-31(34)35/h5-6,9-10,12-19,29H,2-4,7-8,11,20-23H2,1H3,(H,34,35)/i23D2. The molecule has 0 saturated heterocycles. The summed E-state index contributed by atoms with van der Waals surface area (Å²) in [6.07, 6.45) is 5.77. The van der Waals surface area contributed by atoms with Gasteiger partial charge in [0.2, 0.25) is 0 Å². The number of carbonyl (C=O) groups excluding carboxylic acids is 1. The van der Waals surface area contributed by atoms with E-state index in [1.165, 1.54) is 10.5 Å². The van der Waals surface area contributed by atoms with Gasteiger partial charge in [-0.15, -0.1) is 0 Å². The number of aliphatic carboxylic acids is 1. The molecule has 1 amide bonds. The van der Waals surface area contributed by atoms with Crippen LogP contribution in [-0.4, -0.2) is 34.5 Å². The first-order valence-electron chi connectivity index (χ1n) is 14.3. The fraction of sp³-hybridized carbons (Fsp3) is 0.375. The molecule has 5 heteroatoms. The van der Waals surface area contributed by atoms with Crippen molar-refractivity contribution in [2.24, 2.45) is 0 Å². The molecule has 0 radical (unpaired) electrons.